The van der Waals surface area contributed by atoms with Gasteiger partial charge >= 0.3 is 5.97 Å². The summed E-state index contributed by atoms with van der Waals surface area (Å²) in [6.45, 7) is 2.80. The van der Waals surface area contributed by atoms with Crippen molar-refractivity contribution >= 4 is 11.9 Å². The van der Waals surface area contributed by atoms with Gasteiger partial charge in [-0.1, -0.05) is 30.3 Å². The van der Waals surface area contributed by atoms with Crippen molar-refractivity contribution in [3.63, 3.8) is 0 Å². The molecule has 27 heavy (non-hydrogen) atoms. The lowest BCUT2D eigenvalue weighted by Gasteiger charge is -2.39. The summed E-state index contributed by atoms with van der Waals surface area (Å²) in [5, 5.41) is 9.87. The molecular formula is C22H25NO4. The van der Waals surface area contributed by atoms with Crippen LogP contribution in [0.15, 0.2) is 48.5 Å². The minimum atomic E-state index is -0.812. The van der Waals surface area contributed by atoms with E-state index in [1.54, 1.807) is 24.1 Å². The van der Waals surface area contributed by atoms with Gasteiger partial charge in [-0.15, -0.1) is 0 Å². The Balaban J connectivity index is 1.71. The van der Waals surface area contributed by atoms with E-state index in [0.717, 1.165) is 16.9 Å². The first-order valence-corrected chi connectivity index (χ1v) is 9.16. The highest BCUT2D eigenvalue weighted by molar-refractivity contribution is 5.94. The van der Waals surface area contributed by atoms with Gasteiger partial charge in [-0.2, -0.15) is 0 Å². The summed E-state index contributed by atoms with van der Waals surface area (Å²) in [5.74, 6) is -0.0869. The van der Waals surface area contributed by atoms with Crippen molar-refractivity contribution in [3.05, 3.63) is 65.2 Å². The predicted octanol–water partition coefficient (Wildman–Crippen LogP) is 3.55. The average molecular weight is 367 g/mol. The number of carboxylic acid groups (broad SMARTS) is 1. The molecule has 0 saturated carbocycles. The monoisotopic (exact) mass is 367 g/mol. The van der Waals surface area contributed by atoms with Crippen LogP contribution in [0.3, 0.4) is 0 Å². The lowest BCUT2D eigenvalue weighted by atomic mass is 9.73. The minimum absolute atomic E-state index is 0.0561. The van der Waals surface area contributed by atoms with Gasteiger partial charge in [0.05, 0.1) is 12.5 Å². The number of carboxylic acids is 1. The number of nitrogens with zero attached hydrogens (tertiary/aromatic N) is 1. The zero-order valence-electron chi connectivity index (χ0n) is 15.8. The molecule has 0 aromatic heterocycles. The SMILES string of the molecule is COc1ccc(C(=O)N2CCC(Cc3ccccc3)(C(=O)O)CC2)cc1C. The molecule has 0 radical (unpaired) electrons. The molecule has 2 aromatic rings. The smallest absolute Gasteiger partial charge is 0.310 e. The van der Waals surface area contributed by atoms with Crippen LogP contribution in [0, 0.1) is 12.3 Å². The number of carbonyl (C=O) groups is 2. The largest absolute Gasteiger partial charge is 0.496 e. The first-order valence-electron chi connectivity index (χ1n) is 9.16. The Hall–Kier alpha value is -2.82. The molecule has 1 heterocycles. The molecule has 142 valence electrons. The van der Waals surface area contributed by atoms with Gasteiger partial charge in [0.1, 0.15) is 5.75 Å². The fraction of sp³-hybridized carbons (Fsp3) is 0.364. The number of aryl methyl sites for hydroxylation is 1. The summed E-state index contributed by atoms with van der Waals surface area (Å²) in [6, 6.07) is 15.1. The zero-order valence-corrected chi connectivity index (χ0v) is 15.8. The van der Waals surface area contributed by atoms with Crippen molar-refractivity contribution in [1.82, 2.24) is 4.90 Å². The Morgan fingerprint density at radius 3 is 2.33 bits per heavy atom. The number of methoxy groups -OCH3 is 1. The van der Waals surface area contributed by atoms with Gasteiger partial charge in [-0.05, 0) is 55.5 Å². The number of amides is 1. The first-order chi connectivity index (χ1) is 12.9. The minimum Gasteiger partial charge on any atom is -0.496 e. The Bertz CT molecular complexity index is 823. The lowest BCUT2D eigenvalue weighted by molar-refractivity contribution is -0.151. The number of benzene rings is 2. The van der Waals surface area contributed by atoms with Crippen LogP contribution < -0.4 is 4.74 Å². The van der Waals surface area contributed by atoms with Crippen molar-refractivity contribution in [2.24, 2.45) is 5.41 Å². The van der Waals surface area contributed by atoms with E-state index in [-0.39, 0.29) is 5.91 Å². The van der Waals surface area contributed by atoms with Gasteiger partial charge in [0, 0.05) is 18.7 Å². The Kier molecular flexibility index (Phi) is 5.49. The van der Waals surface area contributed by atoms with E-state index in [1.165, 1.54) is 0 Å². The summed E-state index contributed by atoms with van der Waals surface area (Å²) >= 11 is 0. The van der Waals surface area contributed by atoms with E-state index in [2.05, 4.69) is 0 Å². The van der Waals surface area contributed by atoms with E-state index in [9.17, 15) is 14.7 Å². The van der Waals surface area contributed by atoms with Crippen LogP contribution in [0.1, 0.15) is 34.3 Å². The van der Waals surface area contributed by atoms with Gasteiger partial charge in [-0.25, -0.2) is 0 Å². The van der Waals surface area contributed by atoms with Crippen LogP contribution in [0.4, 0.5) is 0 Å². The third-order valence-electron chi connectivity index (χ3n) is 5.49. The van der Waals surface area contributed by atoms with Crippen LogP contribution in [0.2, 0.25) is 0 Å². The third-order valence-corrected chi connectivity index (χ3v) is 5.49. The predicted molar refractivity (Wildman–Crippen MR) is 103 cm³/mol. The third kappa shape index (κ3) is 3.97. The number of carbonyl (C=O) groups excluding carboxylic acids is 1. The molecule has 5 heteroatoms. The molecular weight excluding hydrogens is 342 g/mol. The van der Waals surface area contributed by atoms with Crippen LogP contribution in [-0.2, 0) is 11.2 Å². The maximum absolute atomic E-state index is 12.8. The molecule has 1 fully saturated rings. The van der Waals surface area contributed by atoms with Crippen LogP contribution >= 0.6 is 0 Å². The van der Waals surface area contributed by atoms with E-state index < -0.39 is 11.4 Å². The maximum atomic E-state index is 12.8. The Morgan fingerprint density at radius 1 is 1.11 bits per heavy atom. The van der Waals surface area contributed by atoms with Crippen molar-refractivity contribution in [3.8, 4) is 5.75 Å². The summed E-state index contributed by atoms with van der Waals surface area (Å²) < 4.78 is 5.25. The molecule has 2 aromatic carbocycles. The zero-order chi connectivity index (χ0) is 19.4. The molecule has 0 atom stereocenters. The van der Waals surface area contributed by atoms with E-state index in [0.29, 0.717) is 37.9 Å². The molecule has 5 nitrogen and oxygen atoms in total. The van der Waals surface area contributed by atoms with Gasteiger partial charge < -0.3 is 14.7 Å². The topological polar surface area (TPSA) is 66.8 Å². The van der Waals surface area contributed by atoms with Crippen LogP contribution in [0.25, 0.3) is 0 Å². The van der Waals surface area contributed by atoms with Gasteiger partial charge in [0.2, 0.25) is 0 Å². The van der Waals surface area contributed by atoms with E-state index in [1.807, 2.05) is 43.3 Å². The fourth-order valence-corrected chi connectivity index (χ4v) is 3.78. The van der Waals surface area contributed by atoms with Crippen LogP contribution in [0.5, 0.6) is 5.75 Å². The number of ether oxygens (including phenoxy) is 1. The quantitative estimate of drug-likeness (QED) is 0.878. The molecule has 1 amide bonds. The van der Waals surface area contributed by atoms with Crippen molar-refractivity contribution in [2.75, 3.05) is 20.2 Å². The number of piperidine rings is 1. The maximum Gasteiger partial charge on any atom is 0.310 e. The lowest BCUT2D eigenvalue weighted by Crippen LogP contribution is -2.47. The first kappa shape index (κ1) is 19.0. The number of aliphatic carboxylic acids is 1. The number of rotatable bonds is 5. The molecule has 0 spiro atoms. The summed E-state index contributed by atoms with van der Waals surface area (Å²) in [6.07, 6.45) is 1.41. The Labute approximate surface area is 159 Å². The average Bonchev–Trinajstić information content (AvgIpc) is 2.68. The van der Waals surface area contributed by atoms with Crippen molar-refractivity contribution < 1.29 is 19.4 Å². The van der Waals surface area contributed by atoms with E-state index >= 15 is 0 Å². The number of likely N-dealkylation sites (tertiary alicyclic amines) is 1. The molecule has 3 rings (SSSR count). The molecule has 0 bridgehead atoms. The van der Waals surface area contributed by atoms with Crippen LogP contribution in [-0.4, -0.2) is 42.1 Å². The van der Waals surface area contributed by atoms with Gasteiger partial charge in [0.25, 0.3) is 5.91 Å². The highest BCUT2D eigenvalue weighted by Gasteiger charge is 2.42. The highest BCUT2D eigenvalue weighted by Crippen LogP contribution is 2.36. The molecule has 1 N–H and O–H groups in total. The van der Waals surface area contributed by atoms with Gasteiger partial charge in [0.15, 0.2) is 0 Å². The summed E-state index contributed by atoms with van der Waals surface area (Å²) in [4.78, 5) is 26.6. The summed E-state index contributed by atoms with van der Waals surface area (Å²) in [7, 11) is 1.60. The molecule has 1 aliphatic heterocycles. The second-order valence-electron chi connectivity index (χ2n) is 7.22. The van der Waals surface area contributed by atoms with Gasteiger partial charge in [-0.3, -0.25) is 9.59 Å². The molecule has 1 saturated heterocycles. The number of hydrogen-bond acceptors (Lipinski definition) is 3. The second kappa shape index (κ2) is 7.82. The molecule has 0 unspecified atom stereocenters. The second-order valence-corrected chi connectivity index (χ2v) is 7.22. The van der Waals surface area contributed by atoms with E-state index in [4.69, 9.17) is 4.74 Å². The van der Waals surface area contributed by atoms with Crippen molar-refractivity contribution in [1.29, 1.82) is 0 Å². The number of hydrogen-bond donors (Lipinski definition) is 1. The Morgan fingerprint density at radius 2 is 1.78 bits per heavy atom. The molecule has 1 aliphatic rings. The fourth-order valence-electron chi connectivity index (χ4n) is 3.78. The standard InChI is InChI=1S/C22H25NO4/c1-16-14-18(8-9-19(16)27-2)20(24)23-12-10-22(11-13-23,21(25)26)15-17-6-4-3-5-7-17/h3-9,14H,10-13,15H2,1-2H3,(H,25,26). The summed E-state index contributed by atoms with van der Waals surface area (Å²) in [5.41, 5.74) is 1.72. The van der Waals surface area contributed by atoms with Crippen molar-refractivity contribution in [2.45, 2.75) is 26.2 Å². The normalized spacial score (nSPS) is 16.0. The highest BCUT2D eigenvalue weighted by atomic mass is 16.5. The molecule has 0 aliphatic carbocycles.